The molecule has 0 unspecified atom stereocenters. The number of likely N-dealkylation sites (N-methyl/N-ethyl adjacent to an activating group) is 1. The highest BCUT2D eigenvalue weighted by atomic mass is 16.5. The minimum Gasteiger partial charge on any atom is -0.361 e. The van der Waals surface area contributed by atoms with Crippen LogP contribution in [0.15, 0.2) is 4.52 Å². The van der Waals surface area contributed by atoms with Crippen molar-refractivity contribution in [3.63, 3.8) is 0 Å². The predicted molar refractivity (Wildman–Crippen MR) is 76.4 cm³/mol. The summed E-state index contributed by atoms with van der Waals surface area (Å²) < 4.78 is 5.20. The second-order valence-electron chi connectivity index (χ2n) is 5.31. The molecular weight excluding hydrogens is 256 g/mol. The lowest BCUT2D eigenvalue weighted by atomic mass is 10.2. The summed E-state index contributed by atoms with van der Waals surface area (Å²) in [5, 5.41) is 6.83. The van der Waals surface area contributed by atoms with Gasteiger partial charge in [0.05, 0.1) is 12.2 Å². The van der Waals surface area contributed by atoms with Crippen LogP contribution in [0.1, 0.15) is 23.9 Å². The van der Waals surface area contributed by atoms with E-state index in [0.29, 0.717) is 13.1 Å². The molecule has 1 aliphatic heterocycles. The summed E-state index contributed by atoms with van der Waals surface area (Å²) in [7, 11) is 0. The van der Waals surface area contributed by atoms with Gasteiger partial charge in [-0.1, -0.05) is 5.16 Å². The summed E-state index contributed by atoms with van der Waals surface area (Å²) in [4.78, 5) is 16.1. The first-order chi connectivity index (χ1) is 9.60. The topological polar surface area (TPSA) is 61.6 Å². The van der Waals surface area contributed by atoms with Crippen LogP contribution in [0.3, 0.4) is 0 Å². The van der Waals surface area contributed by atoms with Crippen LogP contribution in [-0.2, 0) is 11.3 Å². The fourth-order valence-corrected chi connectivity index (χ4v) is 2.51. The van der Waals surface area contributed by atoms with Crippen LogP contribution in [0, 0.1) is 13.8 Å². The van der Waals surface area contributed by atoms with E-state index in [0.717, 1.165) is 44.2 Å². The predicted octanol–water partition coefficient (Wildman–Crippen LogP) is 0.545. The summed E-state index contributed by atoms with van der Waals surface area (Å²) >= 11 is 0. The average molecular weight is 280 g/mol. The van der Waals surface area contributed by atoms with Crippen molar-refractivity contribution in [3.05, 3.63) is 17.0 Å². The Bertz CT molecular complexity index is 431. The number of nitrogens with zero attached hydrogens (tertiary/aromatic N) is 3. The zero-order valence-corrected chi connectivity index (χ0v) is 12.6. The van der Waals surface area contributed by atoms with Gasteiger partial charge in [0.2, 0.25) is 5.91 Å². The molecule has 1 aromatic heterocycles. The summed E-state index contributed by atoms with van der Waals surface area (Å²) in [6, 6.07) is 0. The quantitative estimate of drug-likeness (QED) is 0.853. The molecular formula is C14H24N4O2. The van der Waals surface area contributed by atoms with E-state index in [1.807, 2.05) is 20.8 Å². The standard InChI is InChI=1S/C14H24N4O2/c1-4-15-14(19)10-18-7-5-17(6-8-18)9-13-11(2)16-20-12(13)3/h4-10H2,1-3H3,(H,15,19). The van der Waals surface area contributed by atoms with Crippen LogP contribution in [0.4, 0.5) is 0 Å². The van der Waals surface area contributed by atoms with Gasteiger partial charge < -0.3 is 9.84 Å². The Labute approximate surface area is 120 Å². The lowest BCUT2D eigenvalue weighted by Gasteiger charge is -2.34. The maximum atomic E-state index is 11.6. The van der Waals surface area contributed by atoms with Gasteiger partial charge in [0.25, 0.3) is 0 Å². The molecule has 0 aliphatic carbocycles. The fourth-order valence-electron chi connectivity index (χ4n) is 2.51. The summed E-state index contributed by atoms with van der Waals surface area (Å²) in [5.41, 5.74) is 2.18. The first-order valence-electron chi connectivity index (χ1n) is 7.23. The molecule has 1 aromatic rings. The van der Waals surface area contributed by atoms with Gasteiger partial charge in [-0.05, 0) is 20.8 Å². The van der Waals surface area contributed by atoms with Crippen molar-refractivity contribution in [2.45, 2.75) is 27.3 Å². The van der Waals surface area contributed by atoms with Crippen molar-refractivity contribution < 1.29 is 9.32 Å². The SMILES string of the molecule is CCNC(=O)CN1CCN(Cc2c(C)noc2C)CC1. The lowest BCUT2D eigenvalue weighted by molar-refractivity contribution is -0.122. The fraction of sp³-hybridized carbons (Fsp3) is 0.714. The Kier molecular flexibility index (Phi) is 5.14. The number of carbonyl (C=O) groups is 1. The molecule has 2 heterocycles. The van der Waals surface area contributed by atoms with Crippen molar-refractivity contribution in [2.24, 2.45) is 0 Å². The molecule has 0 atom stereocenters. The molecule has 0 radical (unpaired) electrons. The van der Waals surface area contributed by atoms with Crippen LogP contribution in [0.25, 0.3) is 0 Å². The highest BCUT2D eigenvalue weighted by Gasteiger charge is 2.20. The van der Waals surface area contributed by atoms with E-state index in [1.165, 1.54) is 5.56 Å². The van der Waals surface area contributed by atoms with Crippen LogP contribution >= 0.6 is 0 Å². The normalized spacial score (nSPS) is 17.4. The number of piperazine rings is 1. The van der Waals surface area contributed by atoms with Crippen LogP contribution in [0.2, 0.25) is 0 Å². The lowest BCUT2D eigenvalue weighted by Crippen LogP contribution is -2.49. The minimum absolute atomic E-state index is 0.117. The zero-order chi connectivity index (χ0) is 14.5. The van der Waals surface area contributed by atoms with E-state index in [1.54, 1.807) is 0 Å². The van der Waals surface area contributed by atoms with Gasteiger partial charge in [0, 0.05) is 44.8 Å². The maximum Gasteiger partial charge on any atom is 0.234 e. The van der Waals surface area contributed by atoms with Gasteiger partial charge in [-0.3, -0.25) is 14.6 Å². The zero-order valence-electron chi connectivity index (χ0n) is 12.6. The Morgan fingerprint density at radius 2 is 1.90 bits per heavy atom. The molecule has 1 saturated heterocycles. The molecule has 6 heteroatoms. The number of aryl methyl sites for hydroxylation is 2. The van der Waals surface area contributed by atoms with Crippen molar-refractivity contribution in [3.8, 4) is 0 Å². The van der Waals surface area contributed by atoms with Crippen molar-refractivity contribution in [2.75, 3.05) is 39.3 Å². The summed E-state index contributed by atoms with van der Waals surface area (Å²) in [6.45, 7) is 11.8. The highest BCUT2D eigenvalue weighted by Crippen LogP contribution is 2.16. The monoisotopic (exact) mass is 280 g/mol. The molecule has 1 aliphatic rings. The van der Waals surface area contributed by atoms with E-state index in [2.05, 4.69) is 20.3 Å². The van der Waals surface area contributed by atoms with E-state index in [4.69, 9.17) is 4.52 Å². The second-order valence-corrected chi connectivity index (χ2v) is 5.31. The number of carbonyl (C=O) groups excluding carboxylic acids is 1. The van der Waals surface area contributed by atoms with Gasteiger partial charge >= 0.3 is 0 Å². The molecule has 0 spiro atoms. The molecule has 1 fully saturated rings. The minimum atomic E-state index is 0.117. The molecule has 20 heavy (non-hydrogen) atoms. The number of rotatable bonds is 5. The number of nitrogens with one attached hydrogen (secondary N) is 1. The Morgan fingerprint density at radius 1 is 1.25 bits per heavy atom. The number of amides is 1. The maximum absolute atomic E-state index is 11.6. The third kappa shape index (κ3) is 3.80. The van der Waals surface area contributed by atoms with Gasteiger partial charge in [-0.15, -0.1) is 0 Å². The summed E-state index contributed by atoms with van der Waals surface area (Å²) in [6.07, 6.45) is 0. The molecule has 0 saturated carbocycles. The average Bonchev–Trinajstić information content (AvgIpc) is 2.73. The third-order valence-corrected chi connectivity index (χ3v) is 3.77. The van der Waals surface area contributed by atoms with Gasteiger partial charge in [0.1, 0.15) is 5.76 Å². The van der Waals surface area contributed by atoms with E-state index in [9.17, 15) is 4.79 Å². The van der Waals surface area contributed by atoms with Crippen LogP contribution < -0.4 is 5.32 Å². The first kappa shape index (κ1) is 15.0. The van der Waals surface area contributed by atoms with Crippen LogP contribution in [-0.4, -0.2) is 60.1 Å². The number of hydrogen-bond acceptors (Lipinski definition) is 5. The Hall–Kier alpha value is -1.40. The van der Waals surface area contributed by atoms with E-state index >= 15 is 0 Å². The molecule has 1 amide bonds. The van der Waals surface area contributed by atoms with Crippen molar-refractivity contribution in [1.82, 2.24) is 20.3 Å². The van der Waals surface area contributed by atoms with Gasteiger partial charge in [-0.25, -0.2) is 0 Å². The highest BCUT2D eigenvalue weighted by molar-refractivity contribution is 5.77. The second kappa shape index (κ2) is 6.85. The Morgan fingerprint density at radius 3 is 2.45 bits per heavy atom. The van der Waals surface area contributed by atoms with Crippen molar-refractivity contribution >= 4 is 5.91 Å². The largest absolute Gasteiger partial charge is 0.361 e. The van der Waals surface area contributed by atoms with Crippen LogP contribution in [0.5, 0.6) is 0 Å². The summed E-state index contributed by atoms with van der Waals surface area (Å²) in [5.74, 6) is 1.03. The van der Waals surface area contributed by atoms with Gasteiger partial charge in [0.15, 0.2) is 0 Å². The number of aromatic nitrogens is 1. The molecule has 0 bridgehead atoms. The first-order valence-corrected chi connectivity index (χ1v) is 7.23. The van der Waals surface area contributed by atoms with E-state index < -0.39 is 0 Å². The van der Waals surface area contributed by atoms with Crippen molar-refractivity contribution in [1.29, 1.82) is 0 Å². The molecule has 1 N–H and O–H groups in total. The molecule has 112 valence electrons. The molecule has 6 nitrogen and oxygen atoms in total. The molecule has 2 rings (SSSR count). The Balaban J connectivity index is 1.78. The third-order valence-electron chi connectivity index (χ3n) is 3.77. The van der Waals surface area contributed by atoms with E-state index in [-0.39, 0.29) is 5.91 Å². The smallest absolute Gasteiger partial charge is 0.234 e. The number of hydrogen-bond donors (Lipinski definition) is 1. The molecule has 0 aromatic carbocycles. The van der Waals surface area contributed by atoms with Gasteiger partial charge in [-0.2, -0.15) is 0 Å².